The van der Waals surface area contributed by atoms with Crippen LogP contribution in [0.15, 0.2) is 54.6 Å². The number of phenolic OH excluding ortho intramolecular Hbond substituents is 1. The minimum atomic E-state index is -0.114. The van der Waals surface area contributed by atoms with Crippen LogP contribution in [0.4, 0.5) is 0 Å². The smallest absolute Gasteiger partial charge is 0.272 e. The Morgan fingerprint density at radius 1 is 1.07 bits per heavy atom. The van der Waals surface area contributed by atoms with E-state index in [4.69, 9.17) is 0 Å². The summed E-state index contributed by atoms with van der Waals surface area (Å²) >= 11 is 0. The predicted molar refractivity (Wildman–Crippen MR) is 110 cm³/mol. The van der Waals surface area contributed by atoms with Gasteiger partial charge >= 0.3 is 0 Å². The van der Waals surface area contributed by atoms with Crippen molar-refractivity contribution in [2.75, 3.05) is 27.2 Å². The molecule has 1 amide bonds. The molecule has 0 fully saturated rings. The molecule has 0 atom stereocenters. The molecule has 0 unspecified atom stereocenters. The SMILES string of the molecule is Cc1ccc(CN(CCN(C)C)C(=O)c2cc(-c3ccccc3O)n[nH]2)cc1. The Labute approximate surface area is 165 Å². The Morgan fingerprint density at radius 3 is 2.46 bits per heavy atom. The van der Waals surface area contributed by atoms with Crippen LogP contribution in [0, 0.1) is 6.92 Å². The molecule has 0 spiro atoms. The minimum absolute atomic E-state index is 0.114. The second-order valence-corrected chi connectivity index (χ2v) is 7.20. The predicted octanol–water partition coefficient (Wildman–Crippen LogP) is 3.29. The molecule has 1 aromatic heterocycles. The molecule has 0 bridgehead atoms. The summed E-state index contributed by atoms with van der Waals surface area (Å²) in [5, 5.41) is 17.1. The number of nitrogens with zero attached hydrogens (tertiary/aromatic N) is 3. The van der Waals surface area contributed by atoms with Gasteiger partial charge in [-0.2, -0.15) is 5.10 Å². The number of benzene rings is 2. The van der Waals surface area contributed by atoms with Gasteiger partial charge in [0.15, 0.2) is 0 Å². The molecule has 0 radical (unpaired) electrons. The van der Waals surface area contributed by atoms with Gasteiger partial charge < -0.3 is 14.9 Å². The monoisotopic (exact) mass is 378 g/mol. The highest BCUT2D eigenvalue weighted by Gasteiger charge is 2.20. The van der Waals surface area contributed by atoms with E-state index in [0.29, 0.717) is 30.0 Å². The summed E-state index contributed by atoms with van der Waals surface area (Å²) in [4.78, 5) is 17.0. The molecule has 0 aliphatic rings. The number of phenols is 1. The molecule has 2 N–H and O–H groups in total. The van der Waals surface area contributed by atoms with Gasteiger partial charge in [0.1, 0.15) is 11.4 Å². The van der Waals surface area contributed by atoms with Crippen molar-refractivity contribution >= 4 is 5.91 Å². The number of likely N-dealkylation sites (N-methyl/N-ethyl adjacent to an activating group) is 1. The number of aromatic nitrogens is 2. The lowest BCUT2D eigenvalue weighted by Crippen LogP contribution is -2.36. The van der Waals surface area contributed by atoms with Crippen LogP contribution in [-0.2, 0) is 6.54 Å². The van der Waals surface area contributed by atoms with Gasteiger partial charge in [-0.1, -0.05) is 42.0 Å². The van der Waals surface area contributed by atoms with Gasteiger partial charge in [0, 0.05) is 25.2 Å². The second kappa shape index (κ2) is 8.71. The lowest BCUT2D eigenvalue weighted by atomic mass is 10.1. The first-order valence-electron chi connectivity index (χ1n) is 9.27. The molecule has 28 heavy (non-hydrogen) atoms. The summed E-state index contributed by atoms with van der Waals surface area (Å²) in [5.74, 6) is 0.0220. The van der Waals surface area contributed by atoms with Gasteiger partial charge in [0.25, 0.3) is 5.91 Å². The number of para-hydroxylation sites is 1. The lowest BCUT2D eigenvalue weighted by Gasteiger charge is -2.24. The van der Waals surface area contributed by atoms with Crippen molar-refractivity contribution in [1.29, 1.82) is 0 Å². The summed E-state index contributed by atoms with van der Waals surface area (Å²) in [5.41, 5.74) is 3.82. The molecule has 6 heteroatoms. The number of aryl methyl sites for hydroxylation is 1. The van der Waals surface area contributed by atoms with Crippen molar-refractivity contribution < 1.29 is 9.90 Å². The highest BCUT2D eigenvalue weighted by Crippen LogP contribution is 2.27. The number of H-pyrrole nitrogens is 1. The number of nitrogens with one attached hydrogen (secondary N) is 1. The minimum Gasteiger partial charge on any atom is -0.507 e. The van der Waals surface area contributed by atoms with Gasteiger partial charge in [-0.15, -0.1) is 0 Å². The van der Waals surface area contributed by atoms with E-state index in [2.05, 4.69) is 27.2 Å². The van der Waals surface area contributed by atoms with Crippen molar-refractivity contribution in [3.8, 4) is 17.0 Å². The van der Waals surface area contributed by atoms with E-state index in [1.165, 1.54) is 5.56 Å². The van der Waals surface area contributed by atoms with Gasteiger partial charge in [-0.05, 0) is 44.8 Å². The zero-order valence-electron chi connectivity index (χ0n) is 16.5. The van der Waals surface area contributed by atoms with Crippen LogP contribution in [-0.4, -0.2) is 58.2 Å². The van der Waals surface area contributed by atoms with Crippen LogP contribution >= 0.6 is 0 Å². The summed E-state index contributed by atoms with van der Waals surface area (Å²) in [6, 6.07) is 16.8. The first-order valence-corrected chi connectivity index (χ1v) is 9.27. The Morgan fingerprint density at radius 2 is 1.79 bits per heavy atom. The van der Waals surface area contributed by atoms with Crippen molar-refractivity contribution in [3.05, 3.63) is 71.4 Å². The van der Waals surface area contributed by atoms with E-state index in [9.17, 15) is 9.90 Å². The molecule has 0 saturated carbocycles. The Bertz CT molecular complexity index is 932. The molecule has 3 rings (SSSR count). The van der Waals surface area contributed by atoms with E-state index in [-0.39, 0.29) is 11.7 Å². The fourth-order valence-electron chi connectivity index (χ4n) is 2.92. The summed E-state index contributed by atoms with van der Waals surface area (Å²) < 4.78 is 0. The van der Waals surface area contributed by atoms with Crippen molar-refractivity contribution in [2.45, 2.75) is 13.5 Å². The fourth-order valence-corrected chi connectivity index (χ4v) is 2.92. The number of rotatable bonds is 7. The third kappa shape index (κ3) is 4.78. The van der Waals surface area contributed by atoms with Crippen LogP contribution in [0.1, 0.15) is 21.6 Å². The van der Waals surface area contributed by atoms with Crippen molar-refractivity contribution in [2.24, 2.45) is 0 Å². The molecule has 0 saturated heterocycles. The largest absolute Gasteiger partial charge is 0.507 e. The number of aromatic amines is 1. The fraction of sp³-hybridized carbons (Fsp3) is 0.273. The Balaban J connectivity index is 1.82. The van der Waals surface area contributed by atoms with Crippen molar-refractivity contribution in [3.63, 3.8) is 0 Å². The molecule has 0 aliphatic heterocycles. The third-order valence-corrected chi connectivity index (χ3v) is 4.59. The van der Waals surface area contributed by atoms with Gasteiger partial charge in [0.2, 0.25) is 0 Å². The normalized spacial score (nSPS) is 11.0. The van der Waals surface area contributed by atoms with Crippen LogP contribution in [0.3, 0.4) is 0 Å². The summed E-state index contributed by atoms with van der Waals surface area (Å²) in [6.07, 6.45) is 0. The van der Waals surface area contributed by atoms with Crippen molar-refractivity contribution in [1.82, 2.24) is 20.0 Å². The highest BCUT2D eigenvalue weighted by molar-refractivity contribution is 5.93. The van der Waals surface area contributed by atoms with E-state index in [0.717, 1.165) is 12.1 Å². The zero-order valence-corrected chi connectivity index (χ0v) is 16.5. The maximum Gasteiger partial charge on any atom is 0.272 e. The van der Waals surface area contributed by atoms with Crippen LogP contribution in [0.2, 0.25) is 0 Å². The zero-order chi connectivity index (χ0) is 20.1. The maximum atomic E-state index is 13.1. The topological polar surface area (TPSA) is 72.5 Å². The standard InChI is InChI=1S/C22H26N4O2/c1-16-8-10-17(11-9-16)15-26(13-12-25(2)3)22(28)20-14-19(23-24-20)18-6-4-5-7-21(18)27/h4-11,14,27H,12-13,15H2,1-3H3,(H,23,24). The second-order valence-electron chi connectivity index (χ2n) is 7.20. The average Bonchev–Trinajstić information content (AvgIpc) is 3.16. The third-order valence-electron chi connectivity index (χ3n) is 4.59. The Kier molecular flexibility index (Phi) is 6.11. The quantitative estimate of drug-likeness (QED) is 0.662. The van der Waals surface area contributed by atoms with Crippen LogP contribution in [0.25, 0.3) is 11.3 Å². The van der Waals surface area contributed by atoms with Gasteiger partial charge in [0.05, 0.1) is 5.69 Å². The molecule has 1 heterocycles. The highest BCUT2D eigenvalue weighted by atomic mass is 16.3. The van der Waals surface area contributed by atoms with Crippen LogP contribution < -0.4 is 0 Å². The van der Waals surface area contributed by atoms with Gasteiger partial charge in [-0.3, -0.25) is 9.89 Å². The number of hydrogen-bond donors (Lipinski definition) is 2. The summed E-state index contributed by atoms with van der Waals surface area (Å²) in [6.45, 7) is 3.94. The van der Waals surface area contributed by atoms with Gasteiger partial charge in [-0.25, -0.2) is 0 Å². The van der Waals surface area contributed by atoms with E-state index >= 15 is 0 Å². The first kappa shape index (κ1) is 19.6. The van der Waals surface area contributed by atoms with E-state index in [1.54, 1.807) is 24.3 Å². The first-order chi connectivity index (χ1) is 13.4. The number of amides is 1. The van der Waals surface area contributed by atoms with E-state index < -0.39 is 0 Å². The molecule has 2 aromatic carbocycles. The van der Waals surface area contributed by atoms with Crippen LogP contribution in [0.5, 0.6) is 5.75 Å². The number of carbonyl (C=O) groups is 1. The average molecular weight is 378 g/mol. The number of aromatic hydroxyl groups is 1. The lowest BCUT2D eigenvalue weighted by molar-refractivity contribution is 0.0726. The molecular formula is C22H26N4O2. The molecule has 6 nitrogen and oxygen atoms in total. The Hall–Kier alpha value is -3.12. The molecule has 3 aromatic rings. The number of carbonyl (C=O) groups excluding carboxylic acids is 1. The molecule has 0 aliphatic carbocycles. The maximum absolute atomic E-state index is 13.1. The summed E-state index contributed by atoms with van der Waals surface area (Å²) in [7, 11) is 3.97. The van der Waals surface area contributed by atoms with E-state index in [1.807, 2.05) is 44.1 Å². The number of hydrogen-bond acceptors (Lipinski definition) is 4. The molecular weight excluding hydrogens is 352 g/mol. The molecule has 146 valence electrons.